The van der Waals surface area contributed by atoms with Gasteiger partial charge < -0.3 is 10.1 Å². The SMILES string of the molecule is CCCOc1ccccc1/C=C(\C#N)C(=O)Nc1cccnc1. The second kappa shape index (κ2) is 8.35. The van der Waals surface area contributed by atoms with Crippen molar-refractivity contribution in [2.75, 3.05) is 11.9 Å². The zero-order chi connectivity index (χ0) is 16.5. The van der Waals surface area contributed by atoms with Crippen LogP contribution in [-0.4, -0.2) is 17.5 Å². The maximum Gasteiger partial charge on any atom is 0.266 e. The van der Waals surface area contributed by atoms with Gasteiger partial charge in [0.05, 0.1) is 18.5 Å². The number of rotatable bonds is 6. The number of ether oxygens (including phenoxy) is 1. The van der Waals surface area contributed by atoms with Crippen LogP contribution in [0.1, 0.15) is 18.9 Å². The Hall–Kier alpha value is -3.13. The highest BCUT2D eigenvalue weighted by molar-refractivity contribution is 6.09. The monoisotopic (exact) mass is 307 g/mol. The smallest absolute Gasteiger partial charge is 0.266 e. The highest BCUT2D eigenvalue weighted by Gasteiger charge is 2.11. The summed E-state index contributed by atoms with van der Waals surface area (Å²) in [5, 5.41) is 11.9. The molecule has 0 spiro atoms. The van der Waals surface area contributed by atoms with Gasteiger partial charge in [0.2, 0.25) is 0 Å². The third-order valence-corrected chi connectivity index (χ3v) is 2.97. The predicted octanol–water partition coefficient (Wildman–Crippen LogP) is 3.42. The summed E-state index contributed by atoms with van der Waals surface area (Å²) in [6.45, 7) is 2.59. The van der Waals surface area contributed by atoms with Crippen LogP contribution < -0.4 is 10.1 Å². The molecule has 23 heavy (non-hydrogen) atoms. The first-order valence-corrected chi connectivity index (χ1v) is 7.29. The minimum Gasteiger partial charge on any atom is -0.493 e. The Morgan fingerprint density at radius 3 is 2.87 bits per heavy atom. The van der Waals surface area contributed by atoms with Gasteiger partial charge in [-0.25, -0.2) is 0 Å². The highest BCUT2D eigenvalue weighted by Crippen LogP contribution is 2.21. The fourth-order valence-corrected chi connectivity index (χ4v) is 1.88. The van der Waals surface area contributed by atoms with Crippen molar-refractivity contribution in [2.45, 2.75) is 13.3 Å². The van der Waals surface area contributed by atoms with Gasteiger partial charge in [-0.05, 0) is 30.7 Å². The van der Waals surface area contributed by atoms with E-state index in [2.05, 4.69) is 10.3 Å². The number of benzene rings is 1. The number of nitrogens with zero attached hydrogens (tertiary/aromatic N) is 2. The van der Waals surface area contributed by atoms with E-state index in [-0.39, 0.29) is 5.57 Å². The van der Waals surface area contributed by atoms with Crippen LogP contribution >= 0.6 is 0 Å². The number of anilines is 1. The normalized spacial score (nSPS) is 10.7. The number of nitriles is 1. The van der Waals surface area contributed by atoms with Crippen LogP contribution in [0.15, 0.2) is 54.4 Å². The molecule has 2 rings (SSSR count). The molecule has 5 nitrogen and oxygen atoms in total. The molecule has 0 saturated heterocycles. The molecule has 0 unspecified atom stereocenters. The van der Waals surface area contributed by atoms with Crippen molar-refractivity contribution < 1.29 is 9.53 Å². The van der Waals surface area contributed by atoms with E-state index in [4.69, 9.17) is 4.74 Å². The number of hydrogen-bond acceptors (Lipinski definition) is 4. The molecule has 0 atom stereocenters. The van der Waals surface area contributed by atoms with Crippen LogP contribution in [-0.2, 0) is 4.79 Å². The van der Waals surface area contributed by atoms with E-state index in [1.807, 2.05) is 31.2 Å². The zero-order valence-corrected chi connectivity index (χ0v) is 12.8. The molecule has 0 fully saturated rings. The molecule has 1 N–H and O–H groups in total. The number of hydrogen-bond donors (Lipinski definition) is 1. The fraction of sp³-hybridized carbons (Fsp3) is 0.167. The number of nitrogens with one attached hydrogen (secondary N) is 1. The van der Waals surface area contributed by atoms with Crippen LogP contribution in [0.4, 0.5) is 5.69 Å². The fourth-order valence-electron chi connectivity index (χ4n) is 1.88. The van der Waals surface area contributed by atoms with Gasteiger partial charge in [-0.15, -0.1) is 0 Å². The third kappa shape index (κ3) is 4.68. The number of pyridine rings is 1. The molecule has 0 radical (unpaired) electrons. The maximum atomic E-state index is 12.2. The van der Waals surface area contributed by atoms with Crippen LogP contribution in [0.25, 0.3) is 6.08 Å². The van der Waals surface area contributed by atoms with Gasteiger partial charge in [-0.1, -0.05) is 25.1 Å². The van der Waals surface area contributed by atoms with E-state index in [1.54, 1.807) is 24.4 Å². The van der Waals surface area contributed by atoms with Gasteiger partial charge in [-0.2, -0.15) is 5.26 Å². The molecule has 116 valence electrons. The minimum atomic E-state index is -0.481. The van der Waals surface area contributed by atoms with Crippen LogP contribution in [0, 0.1) is 11.3 Å². The molecule has 1 aromatic heterocycles. The Balaban J connectivity index is 2.22. The number of para-hydroxylation sites is 1. The van der Waals surface area contributed by atoms with E-state index < -0.39 is 5.91 Å². The Morgan fingerprint density at radius 2 is 2.17 bits per heavy atom. The number of aromatic nitrogens is 1. The lowest BCUT2D eigenvalue weighted by molar-refractivity contribution is -0.112. The first-order valence-electron chi connectivity index (χ1n) is 7.29. The van der Waals surface area contributed by atoms with Crippen molar-refractivity contribution >= 4 is 17.7 Å². The molecule has 1 amide bonds. The maximum absolute atomic E-state index is 12.2. The third-order valence-electron chi connectivity index (χ3n) is 2.97. The standard InChI is InChI=1S/C18H17N3O2/c1-2-10-23-17-8-4-3-6-14(17)11-15(12-19)18(22)21-16-7-5-9-20-13-16/h3-9,11,13H,2,10H2,1H3,(H,21,22)/b15-11+. The van der Waals surface area contributed by atoms with E-state index in [9.17, 15) is 10.1 Å². The summed E-state index contributed by atoms with van der Waals surface area (Å²) < 4.78 is 5.63. The van der Waals surface area contributed by atoms with Crippen molar-refractivity contribution in [3.8, 4) is 11.8 Å². The summed E-state index contributed by atoms with van der Waals surface area (Å²) in [6.07, 6.45) is 5.53. The minimum absolute atomic E-state index is 0.00130. The molecular weight excluding hydrogens is 290 g/mol. The van der Waals surface area contributed by atoms with Crippen LogP contribution in [0.3, 0.4) is 0 Å². The van der Waals surface area contributed by atoms with Gasteiger partial charge in [-0.3, -0.25) is 9.78 Å². The number of amides is 1. The second-order valence-corrected chi connectivity index (χ2v) is 4.75. The number of carbonyl (C=O) groups excluding carboxylic acids is 1. The van der Waals surface area contributed by atoms with Crippen molar-refractivity contribution in [2.24, 2.45) is 0 Å². The summed E-state index contributed by atoms with van der Waals surface area (Å²) in [5.74, 6) is 0.169. The summed E-state index contributed by atoms with van der Waals surface area (Å²) >= 11 is 0. The molecule has 2 aromatic rings. The summed E-state index contributed by atoms with van der Waals surface area (Å²) in [5.41, 5.74) is 1.23. The van der Waals surface area contributed by atoms with E-state index >= 15 is 0 Å². The van der Waals surface area contributed by atoms with Crippen molar-refractivity contribution in [3.63, 3.8) is 0 Å². The predicted molar refractivity (Wildman–Crippen MR) is 88.7 cm³/mol. The highest BCUT2D eigenvalue weighted by atomic mass is 16.5. The van der Waals surface area contributed by atoms with Crippen molar-refractivity contribution in [3.05, 3.63) is 59.9 Å². The first-order chi connectivity index (χ1) is 11.2. The number of carbonyl (C=O) groups is 1. The van der Waals surface area contributed by atoms with Gasteiger partial charge >= 0.3 is 0 Å². The molecule has 0 aliphatic rings. The summed E-state index contributed by atoms with van der Waals surface area (Å²) in [4.78, 5) is 16.1. The lowest BCUT2D eigenvalue weighted by Gasteiger charge is -2.08. The average Bonchev–Trinajstić information content (AvgIpc) is 2.59. The van der Waals surface area contributed by atoms with Gasteiger partial charge in [0.1, 0.15) is 17.4 Å². The van der Waals surface area contributed by atoms with Crippen LogP contribution in [0.5, 0.6) is 5.75 Å². The summed E-state index contributed by atoms with van der Waals surface area (Å²) in [7, 11) is 0. The quantitative estimate of drug-likeness (QED) is 0.655. The molecular formula is C18H17N3O2. The summed E-state index contributed by atoms with van der Waals surface area (Å²) in [6, 6.07) is 12.6. The molecule has 0 bridgehead atoms. The van der Waals surface area contributed by atoms with E-state index in [0.29, 0.717) is 23.6 Å². The van der Waals surface area contributed by atoms with E-state index in [0.717, 1.165) is 6.42 Å². The molecule has 0 aliphatic heterocycles. The lowest BCUT2D eigenvalue weighted by Crippen LogP contribution is -2.13. The largest absolute Gasteiger partial charge is 0.493 e. The van der Waals surface area contributed by atoms with Gasteiger partial charge in [0.25, 0.3) is 5.91 Å². The van der Waals surface area contributed by atoms with Crippen molar-refractivity contribution in [1.29, 1.82) is 5.26 Å². The Labute approximate surface area is 135 Å². The molecule has 5 heteroatoms. The molecule has 0 aliphatic carbocycles. The Morgan fingerprint density at radius 1 is 1.35 bits per heavy atom. The molecule has 0 saturated carbocycles. The van der Waals surface area contributed by atoms with Gasteiger partial charge in [0, 0.05) is 11.8 Å². The van der Waals surface area contributed by atoms with Crippen LogP contribution in [0.2, 0.25) is 0 Å². The van der Waals surface area contributed by atoms with Gasteiger partial charge in [0.15, 0.2) is 0 Å². The van der Waals surface area contributed by atoms with E-state index in [1.165, 1.54) is 12.3 Å². The topological polar surface area (TPSA) is 75.0 Å². The second-order valence-electron chi connectivity index (χ2n) is 4.75. The zero-order valence-electron chi connectivity index (χ0n) is 12.8. The lowest BCUT2D eigenvalue weighted by atomic mass is 10.1. The Bertz CT molecular complexity index is 733. The molecule has 1 aromatic carbocycles. The Kier molecular flexibility index (Phi) is 5.89. The average molecular weight is 307 g/mol. The van der Waals surface area contributed by atoms with Crippen molar-refractivity contribution in [1.82, 2.24) is 4.98 Å². The molecule has 1 heterocycles. The first kappa shape index (κ1) is 16.2.